The second-order valence-electron chi connectivity index (χ2n) is 11.1. The molecule has 0 spiro atoms. The number of halogens is 4. The maximum absolute atomic E-state index is 16.1. The molecule has 39 heavy (non-hydrogen) atoms. The molecule has 5 rings (SSSR count). The summed E-state index contributed by atoms with van der Waals surface area (Å²) in [4.78, 5) is 15.5. The largest absolute Gasteiger partial charge is 0.481 e. The van der Waals surface area contributed by atoms with E-state index in [-0.39, 0.29) is 41.0 Å². The molecule has 0 aromatic heterocycles. The van der Waals surface area contributed by atoms with E-state index in [0.29, 0.717) is 18.5 Å². The lowest BCUT2D eigenvalue weighted by Crippen LogP contribution is -2.43. The van der Waals surface area contributed by atoms with Gasteiger partial charge >= 0.3 is 12.1 Å². The molecule has 0 bridgehead atoms. The number of hydrogen-bond acceptors (Lipinski definition) is 4. The maximum Gasteiger partial charge on any atom is 0.416 e. The highest BCUT2D eigenvalue weighted by Crippen LogP contribution is 2.61. The first-order valence-corrected chi connectivity index (χ1v) is 12.8. The third-order valence-corrected chi connectivity index (χ3v) is 8.22. The number of nitrogens with zero attached hydrogens (tertiary/aromatic N) is 1. The van der Waals surface area contributed by atoms with Crippen molar-refractivity contribution in [3.05, 3.63) is 93.8 Å². The first-order chi connectivity index (χ1) is 18.3. The lowest BCUT2D eigenvalue weighted by molar-refractivity contribution is -0.139. The number of fused-ring (bicyclic) bond motifs is 2. The highest BCUT2D eigenvalue weighted by atomic mass is 19.4. The molecule has 5 nitrogen and oxygen atoms in total. The van der Waals surface area contributed by atoms with Gasteiger partial charge in [0.15, 0.2) is 0 Å². The van der Waals surface area contributed by atoms with Crippen LogP contribution < -0.4 is 5.32 Å². The fourth-order valence-corrected chi connectivity index (χ4v) is 6.11. The average molecular weight is 543 g/mol. The summed E-state index contributed by atoms with van der Waals surface area (Å²) < 4.78 is 63.5. The minimum atomic E-state index is -4.59. The van der Waals surface area contributed by atoms with Gasteiger partial charge in [0.1, 0.15) is 12.4 Å². The molecule has 2 aromatic rings. The normalized spacial score (nSPS) is 26.8. The van der Waals surface area contributed by atoms with Crippen LogP contribution in [0.2, 0.25) is 0 Å². The Morgan fingerprint density at radius 2 is 1.97 bits per heavy atom. The predicted molar refractivity (Wildman–Crippen MR) is 139 cm³/mol. The van der Waals surface area contributed by atoms with Gasteiger partial charge in [-0.1, -0.05) is 50.8 Å². The van der Waals surface area contributed by atoms with E-state index in [9.17, 15) is 23.1 Å². The fourth-order valence-electron chi connectivity index (χ4n) is 6.11. The van der Waals surface area contributed by atoms with Crippen LogP contribution in [-0.4, -0.2) is 30.6 Å². The first kappa shape index (κ1) is 27.1. The Bertz CT molecular complexity index is 1410. The summed E-state index contributed by atoms with van der Waals surface area (Å²) in [6.45, 7) is 8.08. The molecule has 1 heterocycles. The molecule has 4 atom stereocenters. The van der Waals surface area contributed by atoms with Gasteiger partial charge in [-0.3, -0.25) is 9.79 Å². The number of aliphatic imine (C=N–C) groups is 1. The second kappa shape index (κ2) is 9.62. The van der Waals surface area contributed by atoms with Crippen molar-refractivity contribution in [1.82, 2.24) is 5.32 Å². The number of hydrogen-bond donors (Lipinski definition) is 2. The van der Waals surface area contributed by atoms with Gasteiger partial charge in [0.2, 0.25) is 5.90 Å². The third-order valence-electron chi connectivity index (χ3n) is 8.22. The number of benzene rings is 2. The molecule has 9 heteroatoms. The molecular weight excluding hydrogens is 512 g/mol. The van der Waals surface area contributed by atoms with Crippen LogP contribution in [0.4, 0.5) is 17.6 Å². The van der Waals surface area contributed by atoms with Crippen molar-refractivity contribution in [3.8, 4) is 0 Å². The van der Waals surface area contributed by atoms with Gasteiger partial charge in [0.05, 0.1) is 17.5 Å². The van der Waals surface area contributed by atoms with Crippen LogP contribution >= 0.6 is 0 Å². The van der Waals surface area contributed by atoms with E-state index < -0.39 is 40.9 Å². The monoisotopic (exact) mass is 542 g/mol. The highest BCUT2D eigenvalue weighted by molar-refractivity contribution is 5.90. The number of carboxylic acid groups (broad SMARTS) is 1. The SMILES string of the molecule is C=C1/C(=C\C(=N/C)OCc2ccc3c(c2F)C(c2ccccc2C(F)(F)F)NCC3(C)C)C[C@@H]2[C@H]1[C@H]2C(=O)O. The maximum atomic E-state index is 16.1. The topological polar surface area (TPSA) is 70.9 Å². The van der Waals surface area contributed by atoms with Crippen molar-refractivity contribution in [3.63, 3.8) is 0 Å². The zero-order valence-corrected chi connectivity index (χ0v) is 21.9. The number of aliphatic carboxylic acids is 1. The van der Waals surface area contributed by atoms with Gasteiger partial charge in [-0.25, -0.2) is 4.39 Å². The second-order valence-corrected chi connectivity index (χ2v) is 11.1. The summed E-state index contributed by atoms with van der Waals surface area (Å²) in [5, 5.41) is 12.4. The summed E-state index contributed by atoms with van der Waals surface area (Å²) >= 11 is 0. The van der Waals surface area contributed by atoms with E-state index in [1.165, 1.54) is 25.2 Å². The lowest BCUT2D eigenvalue weighted by Gasteiger charge is -2.39. The molecular formula is C30H30F4N2O3. The number of ether oxygens (including phenoxy) is 1. The molecule has 3 aliphatic rings. The molecule has 2 N–H and O–H groups in total. The zero-order chi connectivity index (χ0) is 28.3. The minimum Gasteiger partial charge on any atom is -0.481 e. The summed E-state index contributed by atoms with van der Waals surface area (Å²) in [5.74, 6) is -1.62. The van der Waals surface area contributed by atoms with E-state index in [1.54, 1.807) is 18.2 Å². The number of rotatable bonds is 5. The first-order valence-electron chi connectivity index (χ1n) is 12.8. The van der Waals surface area contributed by atoms with Crippen molar-refractivity contribution in [1.29, 1.82) is 0 Å². The molecule has 0 amide bonds. The van der Waals surface area contributed by atoms with Gasteiger partial charge < -0.3 is 15.2 Å². The van der Waals surface area contributed by atoms with E-state index in [4.69, 9.17) is 4.74 Å². The lowest BCUT2D eigenvalue weighted by atomic mass is 9.74. The molecule has 2 aromatic carbocycles. The van der Waals surface area contributed by atoms with Crippen LogP contribution in [0, 0.1) is 23.6 Å². The van der Waals surface area contributed by atoms with Gasteiger partial charge in [0.25, 0.3) is 0 Å². The van der Waals surface area contributed by atoms with Crippen molar-refractivity contribution < 1.29 is 32.2 Å². The van der Waals surface area contributed by atoms with Crippen LogP contribution in [-0.2, 0) is 27.7 Å². The van der Waals surface area contributed by atoms with Crippen LogP contribution in [0.25, 0.3) is 0 Å². The van der Waals surface area contributed by atoms with E-state index in [1.807, 2.05) is 13.8 Å². The van der Waals surface area contributed by atoms with Crippen LogP contribution in [0.3, 0.4) is 0 Å². The molecule has 0 saturated heterocycles. The smallest absolute Gasteiger partial charge is 0.416 e. The molecule has 2 fully saturated rings. The van der Waals surface area contributed by atoms with Crippen molar-refractivity contribution in [2.24, 2.45) is 22.7 Å². The number of carbonyl (C=O) groups is 1. The van der Waals surface area contributed by atoms with Crippen LogP contribution in [0.1, 0.15) is 54.1 Å². The Morgan fingerprint density at radius 1 is 1.26 bits per heavy atom. The average Bonchev–Trinajstić information content (AvgIpc) is 3.51. The van der Waals surface area contributed by atoms with Crippen molar-refractivity contribution >= 4 is 11.9 Å². The van der Waals surface area contributed by atoms with Gasteiger partial charge in [0, 0.05) is 42.1 Å². The van der Waals surface area contributed by atoms with E-state index >= 15 is 4.39 Å². The molecule has 0 radical (unpaired) electrons. The van der Waals surface area contributed by atoms with Gasteiger partial charge in [-0.2, -0.15) is 13.2 Å². The van der Waals surface area contributed by atoms with E-state index in [2.05, 4.69) is 16.9 Å². The summed E-state index contributed by atoms with van der Waals surface area (Å²) in [7, 11) is 1.53. The molecule has 206 valence electrons. The Hall–Kier alpha value is -3.46. The Labute approximate surface area is 224 Å². The van der Waals surface area contributed by atoms with Crippen LogP contribution in [0.5, 0.6) is 0 Å². The molecule has 2 saturated carbocycles. The zero-order valence-electron chi connectivity index (χ0n) is 21.9. The molecule has 1 aliphatic heterocycles. The molecule has 2 aliphatic carbocycles. The minimum absolute atomic E-state index is 0.0303. The summed E-state index contributed by atoms with van der Waals surface area (Å²) in [6, 6.07) is 7.63. The predicted octanol–water partition coefficient (Wildman–Crippen LogP) is 6.19. The molecule has 1 unspecified atom stereocenters. The van der Waals surface area contributed by atoms with Gasteiger partial charge in [-0.05, 0) is 40.7 Å². The van der Waals surface area contributed by atoms with E-state index in [0.717, 1.165) is 17.2 Å². The fraction of sp³-hybridized carbons (Fsp3) is 0.400. The number of allylic oxidation sites excluding steroid dienone is 2. The van der Waals surface area contributed by atoms with Crippen LogP contribution in [0.15, 0.2) is 65.2 Å². The number of alkyl halides is 3. The third kappa shape index (κ3) is 4.77. The Morgan fingerprint density at radius 3 is 2.59 bits per heavy atom. The highest BCUT2D eigenvalue weighted by Gasteiger charge is 2.60. The Balaban J connectivity index is 1.42. The summed E-state index contributed by atoms with van der Waals surface area (Å²) in [5.41, 5.74) is 1.31. The quantitative estimate of drug-likeness (QED) is 0.269. The summed E-state index contributed by atoms with van der Waals surface area (Å²) in [6.07, 6.45) is -2.31. The Kier molecular flexibility index (Phi) is 6.69. The van der Waals surface area contributed by atoms with Crippen molar-refractivity contribution in [2.45, 2.75) is 44.5 Å². The number of nitrogens with one attached hydrogen (secondary N) is 1. The number of carboxylic acids is 1. The van der Waals surface area contributed by atoms with Gasteiger partial charge in [-0.15, -0.1) is 0 Å². The van der Waals surface area contributed by atoms with Crippen molar-refractivity contribution in [2.75, 3.05) is 13.6 Å². The standard InChI is InChI=1S/C30H30F4N2O3/c1-15-17(11-19-23(15)24(19)28(37)38)12-22(35-4)39-13-16-9-10-21-25(26(16)31)27(36-14-29(21,2)3)18-7-5-6-8-20(18)30(32,33)34/h5-10,12,19,23-24,27,36H,1,11,13-14H2,2-4H3,(H,37,38)/b17-12-,35-22+/t19-,23+,24+,27?/m1/s1.